The number of benzene rings is 2. The van der Waals surface area contributed by atoms with Gasteiger partial charge in [-0.3, -0.25) is 0 Å². The van der Waals surface area contributed by atoms with Crippen LogP contribution in [0.5, 0.6) is 17.2 Å². The van der Waals surface area contributed by atoms with Crippen molar-refractivity contribution in [1.29, 1.82) is 0 Å². The van der Waals surface area contributed by atoms with Crippen molar-refractivity contribution in [1.82, 2.24) is 0 Å². The lowest BCUT2D eigenvalue weighted by Gasteiger charge is -2.10. The van der Waals surface area contributed by atoms with E-state index in [9.17, 15) is 10.2 Å². The van der Waals surface area contributed by atoms with Gasteiger partial charge in [-0.2, -0.15) is 0 Å². The van der Waals surface area contributed by atoms with E-state index in [1.165, 1.54) is 31.2 Å². The van der Waals surface area contributed by atoms with Crippen LogP contribution >= 0.6 is 0 Å². The molecular formula is C23H34O3. The zero-order valence-corrected chi connectivity index (χ0v) is 16.5. The molecule has 0 unspecified atom stereocenters. The lowest BCUT2D eigenvalue weighted by Crippen LogP contribution is -1.92. The largest absolute Gasteiger partial charge is 0.508 e. The van der Waals surface area contributed by atoms with E-state index in [-0.39, 0.29) is 0 Å². The second-order valence-electron chi connectivity index (χ2n) is 6.86. The summed E-state index contributed by atoms with van der Waals surface area (Å²) in [6.45, 7) is 6.31. The number of phenolic OH excluding ortho intramolecular Hbond substituents is 3. The minimum Gasteiger partial charge on any atom is -0.508 e. The molecule has 0 atom stereocenters. The zero-order chi connectivity index (χ0) is 19.4. The predicted molar refractivity (Wildman–Crippen MR) is 109 cm³/mol. The molecule has 0 bridgehead atoms. The van der Waals surface area contributed by atoms with E-state index >= 15 is 0 Å². The van der Waals surface area contributed by atoms with E-state index in [0.717, 1.165) is 36.8 Å². The fourth-order valence-electron chi connectivity index (χ4n) is 2.74. The molecule has 2 aromatic rings. The molecule has 0 spiro atoms. The maximum Gasteiger partial charge on any atom is 0.119 e. The van der Waals surface area contributed by atoms with Crippen molar-refractivity contribution in [2.75, 3.05) is 0 Å². The van der Waals surface area contributed by atoms with Crippen LogP contribution in [-0.4, -0.2) is 15.3 Å². The van der Waals surface area contributed by atoms with Crippen molar-refractivity contribution in [3.63, 3.8) is 0 Å². The Hall–Kier alpha value is -2.16. The molecule has 3 N–H and O–H groups in total. The Balaban J connectivity index is 0.000000350. The minimum atomic E-state index is 0.329. The van der Waals surface area contributed by atoms with Crippen LogP contribution in [-0.2, 0) is 12.8 Å². The highest BCUT2D eigenvalue weighted by molar-refractivity contribution is 5.45. The predicted octanol–water partition coefficient (Wildman–Crippen LogP) is 6.26. The van der Waals surface area contributed by atoms with Gasteiger partial charge < -0.3 is 15.3 Å². The van der Waals surface area contributed by atoms with Crippen LogP contribution in [0.2, 0.25) is 0 Å². The van der Waals surface area contributed by atoms with E-state index in [1.807, 2.05) is 19.1 Å². The van der Waals surface area contributed by atoms with Gasteiger partial charge in [-0.15, -0.1) is 0 Å². The van der Waals surface area contributed by atoms with Crippen LogP contribution in [0.25, 0.3) is 0 Å². The van der Waals surface area contributed by atoms with Gasteiger partial charge in [0.25, 0.3) is 0 Å². The average molecular weight is 359 g/mol. The Morgan fingerprint density at radius 1 is 0.654 bits per heavy atom. The van der Waals surface area contributed by atoms with Crippen LogP contribution in [0.4, 0.5) is 0 Å². The first-order chi connectivity index (χ1) is 12.5. The molecule has 0 saturated heterocycles. The van der Waals surface area contributed by atoms with Crippen LogP contribution in [0.3, 0.4) is 0 Å². The van der Waals surface area contributed by atoms with Gasteiger partial charge >= 0.3 is 0 Å². The lowest BCUT2D eigenvalue weighted by molar-refractivity contribution is 0.446. The van der Waals surface area contributed by atoms with E-state index in [2.05, 4.69) is 13.8 Å². The quantitative estimate of drug-likeness (QED) is 0.385. The van der Waals surface area contributed by atoms with E-state index < -0.39 is 0 Å². The number of hydrogen-bond donors (Lipinski definition) is 3. The van der Waals surface area contributed by atoms with Crippen LogP contribution in [0.1, 0.15) is 69.1 Å². The first kappa shape index (κ1) is 21.9. The molecule has 0 fully saturated rings. The molecule has 2 rings (SSSR count). The first-order valence-corrected chi connectivity index (χ1v) is 9.77. The molecule has 0 aliphatic rings. The summed E-state index contributed by atoms with van der Waals surface area (Å²) >= 11 is 0. The summed E-state index contributed by atoms with van der Waals surface area (Å²) in [5.74, 6) is 1.02. The number of rotatable bonds is 8. The number of hydrogen-bond acceptors (Lipinski definition) is 3. The maximum absolute atomic E-state index is 9.96. The number of aryl methyl sites for hydroxylation is 3. The van der Waals surface area contributed by atoms with Gasteiger partial charge in [0.2, 0.25) is 0 Å². The highest BCUT2D eigenvalue weighted by Gasteiger charge is 2.08. The topological polar surface area (TPSA) is 60.7 Å². The standard InChI is InChI=1S/C16H26O2.C7H8O/c1-3-5-7-9-13-11-16(18)14(12-15(13)17)10-8-6-4-2;1-6-2-4-7(8)5-3-6/h11-12,17-18H,3-10H2,1-2H3;2-5,8H,1H3. The van der Waals surface area contributed by atoms with Crippen molar-refractivity contribution >= 4 is 0 Å². The number of unbranched alkanes of at least 4 members (excludes halogenated alkanes) is 4. The molecule has 0 heterocycles. The van der Waals surface area contributed by atoms with Gasteiger partial charge in [0.05, 0.1) is 0 Å². The van der Waals surface area contributed by atoms with Crippen molar-refractivity contribution in [2.45, 2.75) is 72.1 Å². The number of aromatic hydroxyl groups is 3. The third-order valence-electron chi connectivity index (χ3n) is 4.41. The van der Waals surface area contributed by atoms with Gasteiger partial charge in [0.15, 0.2) is 0 Å². The van der Waals surface area contributed by atoms with Crippen molar-refractivity contribution < 1.29 is 15.3 Å². The van der Waals surface area contributed by atoms with Crippen molar-refractivity contribution in [3.05, 3.63) is 53.1 Å². The normalized spacial score (nSPS) is 10.3. The molecule has 0 aromatic heterocycles. The molecule has 0 amide bonds. The highest BCUT2D eigenvalue weighted by atomic mass is 16.3. The lowest BCUT2D eigenvalue weighted by atomic mass is 10.00. The molecule has 0 saturated carbocycles. The van der Waals surface area contributed by atoms with Crippen molar-refractivity contribution in [3.8, 4) is 17.2 Å². The first-order valence-electron chi connectivity index (χ1n) is 9.77. The average Bonchev–Trinajstić information content (AvgIpc) is 2.62. The van der Waals surface area contributed by atoms with E-state index in [0.29, 0.717) is 17.2 Å². The summed E-state index contributed by atoms with van der Waals surface area (Å²) in [5, 5.41) is 28.7. The second kappa shape index (κ2) is 12.2. The summed E-state index contributed by atoms with van der Waals surface area (Å²) in [4.78, 5) is 0. The smallest absolute Gasteiger partial charge is 0.119 e. The summed E-state index contributed by atoms with van der Waals surface area (Å²) in [6.07, 6.45) is 8.50. The van der Waals surface area contributed by atoms with E-state index in [4.69, 9.17) is 5.11 Å². The van der Waals surface area contributed by atoms with Crippen molar-refractivity contribution in [2.24, 2.45) is 0 Å². The molecule has 0 aliphatic carbocycles. The van der Waals surface area contributed by atoms with Gasteiger partial charge in [0, 0.05) is 0 Å². The monoisotopic (exact) mass is 358 g/mol. The molecule has 3 nitrogen and oxygen atoms in total. The minimum absolute atomic E-state index is 0.329. The summed E-state index contributed by atoms with van der Waals surface area (Å²) in [6, 6.07) is 10.6. The summed E-state index contributed by atoms with van der Waals surface area (Å²) in [5.41, 5.74) is 2.92. The second-order valence-corrected chi connectivity index (χ2v) is 6.86. The summed E-state index contributed by atoms with van der Waals surface area (Å²) in [7, 11) is 0. The molecule has 2 aromatic carbocycles. The fourth-order valence-corrected chi connectivity index (χ4v) is 2.74. The number of phenols is 3. The van der Waals surface area contributed by atoms with Gasteiger partial charge in [-0.1, -0.05) is 57.2 Å². The van der Waals surface area contributed by atoms with Gasteiger partial charge in [-0.25, -0.2) is 0 Å². The summed E-state index contributed by atoms with van der Waals surface area (Å²) < 4.78 is 0. The van der Waals surface area contributed by atoms with Crippen LogP contribution in [0.15, 0.2) is 36.4 Å². The molecule has 26 heavy (non-hydrogen) atoms. The zero-order valence-electron chi connectivity index (χ0n) is 16.5. The maximum atomic E-state index is 9.96. The van der Waals surface area contributed by atoms with Crippen LogP contribution < -0.4 is 0 Å². The Morgan fingerprint density at radius 3 is 1.42 bits per heavy atom. The van der Waals surface area contributed by atoms with Gasteiger partial charge in [0.1, 0.15) is 17.2 Å². The van der Waals surface area contributed by atoms with Crippen LogP contribution in [0, 0.1) is 6.92 Å². The molecule has 0 aliphatic heterocycles. The Morgan fingerprint density at radius 2 is 1.08 bits per heavy atom. The fraction of sp³-hybridized carbons (Fsp3) is 0.478. The molecule has 0 radical (unpaired) electrons. The SMILES string of the molecule is CCCCCc1cc(O)c(CCCCC)cc1O.Cc1ccc(O)cc1. The molecule has 144 valence electrons. The molecular weight excluding hydrogens is 324 g/mol. The Labute approximate surface area is 158 Å². The third-order valence-corrected chi connectivity index (χ3v) is 4.41. The Bertz CT molecular complexity index is 576. The highest BCUT2D eigenvalue weighted by Crippen LogP contribution is 2.29. The third kappa shape index (κ3) is 8.28. The van der Waals surface area contributed by atoms with E-state index in [1.54, 1.807) is 24.3 Å². The van der Waals surface area contributed by atoms with Gasteiger partial charge in [-0.05, 0) is 68.0 Å². The molecule has 3 heteroatoms. The Kier molecular flexibility index (Phi) is 10.3.